The van der Waals surface area contributed by atoms with Crippen molar-refractivity contribution in [1.82, 2.24) is 5.32 Å². The minimum absolute atomic E-state index is 0. The van der Waals surface area contributed by atoms with Gasteiger partial charge in [0, 0.05) is 18.3 Å². The lowest BCUT2D eigenvalue weighted by molar-refractivity contribution is -0.156. The van der Waals surface area contributed by atoms with Gasteiger partial charge in [-0.05, 0) is 20.8 Å². The fourth-order valence-corrected chi connectivity index (χ4v) is 3.59. The molecule has 0 bridgehead atoms. The summed E-state index contributed by atoms with van der Waals surface area (Å²) in [7, 11) is 0. The first-order valence-electron chi connectivity index (χ1n) is 7.89. The Balaban J connectivity index is 0.00000288. The molecule has 1 amide bonds. The topological polar surface area (TPSA) is 128 Å². The molecule has 8 nitrogen and oxygen atoms in total. The smallest absolute Gasteiger partial charge is 0.332 e. The first-order chi connectivity index (χ1) is 10.8. The number of aliphatic hydroxyl groups excluding tert-OH is 1. The van der Waals surface area contributed by atoms with Crippen LogP contribution in [0.25, 0.3) is 0 Å². The monoisotopic (exact) mass is 364 g/mol. The van der Waals surface area contributed by atoms with Gasteiger partial charge in [-0.1, -0.05) is 0 Å². The van der Waals surface area contributed by atoms with Gasteiger partial charge in [0.25, 0.3) is 0 Å². The molecular weight excluding hydrogens is 340 g/mol. The highest BCUT2D eigenvalue weighted by atomic mass is 35.5. The van der Waals surface area contributed by atoms with Crippen molar-refractivity contribution >= 4 is 30.3 Å². The van der Waals surface area contributed by atoms with Gasteiger partial charge in [0.2, 0.25) is 5.91 Å². The highest BCUT2D eigenvalue weighted by Gasteiger charge is 2.76. The van der Waals surface area contributed by atoms with Crippen molar-refractivity contribution in [2.75, 3.05) is 13.2 Å². The van der Waals surface area contributed by atoms with Crippen molar-refractivity contribution in [3.8, 4) is 0 Å². The molecule has 0 aromatic heterocycles. The van der Waals surface area contributed by atoms with Crippen LogP contribution >= 0.6 is 12.4 Å². The Morgan fingerprint density at radius 3 is 2.38 bits per heavy atom. The third kappa shape index (κ3) is 3.36. The number of rotatable bonds is 6. The molecule has 0 aromatic carbocycles. The van der Waals surface area contributed by atoms with E-state index in [1.54, 1.807) is 13.8 Å². The predicted molar refractivity (Wildman–Crippen MR) is 86.1 cm³/mol. The van der Waals surface area contributed by atoms with Crippen LogP contribution in [0.15, 0.2) is 0 Å². The lowest BCUT2D eigenvalue weighted by Gasteiger charge is -2.32. The number of aliphatic hydroxyl groups is 1. The summed E-state index contributed by atoms with van der Waals surface area (Å²) < 4.78 is 10.1. The molecule has 0 aliphatic heterocycles. The molecular formula is C15H25ClN2O6. The molecule has 2 fully saturated rings. The summed E-state index contributed by atoms with van der Waals surface area (Å²) >= 11 is 0. The van der Waals surface area contributed by atoms with E-state index in [4.69, 9.17) is 15.2 Å². The number of amides is 1. The van der Waals surface area contributed by atoms with E-state index in [1.165, 1.54) is 6.92 Å². The van der Waals surface area contributed by atoms with Gasteiger partial charge in [0.1, 0.15) is 5.54 Å². The second kappa shape index (κ2) is 7.67. The molecule has 0 aromatic rings. The van der Waals surface area contributed by atoms with Gasteiger partial charge >= 0.3 is 11.9 Å². The number of carbonyl (C=O) groups is 3. The minimum atomic E-state index is -1.43. The van der Waals surface area contributed by atoms with Crippen LogP contribution < -0.4 is 11.1 Å². The van der Waals surface area contributed by atoms with E-state index in [-0.39, 0.29) is 32.0 Å². The normalized spacial score (nSPS) is 34.4. The molecule has 2 aliphatic rings. The third-order valence-electron chi connectivity index (χ3n) is 4.58. The predicted octanol–water partition coefficient (Wildman–Crippen LogP) is -0.637. The van der Waals surface area contributed by atoms with Crippen molar-refractivity contribution in [2.45, 2.75) is 44.9 Å². The fraction of sp³-hybridized carbons (Fsp3) is 0.800. The lowest BCUT2D eigenvalue weighted by Crippen LogP contribution is -2.60. The number of nitrogens with two attached hydrogens (primary N) is 1. The molecule has 9 heteroatoms. The molecule has 0 radical (unpaired) electrons. The Kier molecular flexibility index (Phi) is 6.60. The molecule has 138 valence electrons. The Bertz CT molecular complexity index is 514. The molecule has 4 N–H and O–H groups in total. The van der Waals surface area contributed by atoms with Crippen LogP contribution in [0.5, 0.6) is 0 Å². The van der Waals surface area contributed by atoms with Gasteiger partial charge in [-0.25, -0.2) is 4.79 Å². The zero-order chi connectivity index (χ0) is 17.4. The number of ether oxygens (including phenoxy) is 2. The average Bonchev–Trinajstić information content (AvgIpc) is 3.16. The highest BCUT2D eigenvalue weighted by Crippen LogP contribution is 2.63. The molecule has 0 heterocycles. The third-order valence-corrected chi connectivity index (χ3v) is 4.58. The summed E-state index contributed by atoms with van der Waals surface area (Å²) in [4.78, 5) is 36.6. The van der Waals surface area contributed by atoms with Gasteiger partial charge in [0.15, 0.2) is 0 Å². The fourth-order valence-electron chi connectivity index (χ4n) is 3.59. The zero-order valence-corrected chi connectivity index (χ0v) is 14.8. The Morgan fingerprint density at radius 2 is 1.88 bits per heavy atom. The highest BCUT2D eigenvalue weighted by molar-refractivity contribution is 5.93. The van der Waals surface area contributed by atoms with Crippen molar-refractivity contribution in [1.29, 1.82) is 0 Å². The Morgan fingerprint density at radius 1 is 1.29 bits per heavy atom. The summed E-state index contributed by atoms with van der Waals surface area (Å²) in [5, 5.41) is 12.9. The van der Waals surface area contributed by atoms with Crippen LogP contribution in [-0.2, 0) is 23.9 Å². The van der Waals surface area contributed by atoms with Crippen LogP contribution in [0.2, 0.25) is 0 Å². The van der Waals surface area contributed by atoms with Gasteiger partial charge < -0.3 is 25.6 Å². The van der Waals surface area contributed by atoms with Gasteiger partial charge in [0.05, 0.1) is 31.3 Å². The van der Waals surface area contributed by atoms with Crippen molar-refractivity contribution in [3.05, 3.63) is 0 Å². The van der Waals surface area contributed by atoms with Crippen LogP contribution in [0.4, 0.5) is 0 Å². The Labute approximate surface area is 146 Å². The molecule has 1 unspecified atom stereocenters. The molecule has 2 saturated carbocycles. The summed E-state index contributed by atoms with van der Waals surface area (Å²) in [6.07, 6.45) is -0.873. The van der Waals surface area contributed by atoms with E-state index in [0.717, 1.165) is 0 Å². The summed E-state index contributed by atoms with van der Waals surface area (Å²) in [5.74, 6) is -3.20. The van der Waals surface area contributed by atoms with E-state index in [1.807, 2.05) is 0 Å². The standard InChI is InChI=1S/C15H24N2O6.ClH/c1-4-22-13(20)10-9-8(18)6-15(11(9)10,14(21)23-5-2)17-12(19)7(3)16;/h7-11,18H,4-6,16H2,1-3H3,(H,17,19);1H/t7?,8-,9-,10-,11-,15-;/m0./s1. The van der Waals surface area contributed by atoms with E-state index >= 15 is 0 Å². The quantitative estimate of drug-likeness (QED) is 0.535. The van der Waals surface area contributed by atoms with E-state index in [0.29, 0.717) is 0 Å². The molecule has 2 rings (SSSR count). The van der Waals surface area contributed by atoms with Crippen LogP contribution in [-0.4, -0.2) is 53.9 Å². The van der Waals surface area contributed by atoms with E-state index in [2.05, 4.69) is 5.32 Å². The molecule has 0 spiro atoms. The first-order valence-corrected chi connectivity index (χ1v) is 7.89. The molecule has 6 atom stereocenters. The molecule has 2 aliphatic carbocycles. The largest absolute Gasteiger partial charge is 0.466 e. The average molecular weight is 365 g/mol. The second-order valence-electron chi connectivity index (χ2n) is 6.12. The van der Waals surface area contributed by atoms with Crippen LogP contribution in [0.1, 0.15) is 27.2 Å². The maximum atomic E-state index is 12.5. The molecule has 0 saturated heterocycles. The number of fused-ring (bicyclic) bond motifs is 1. The van der Waals surface area contributed by atoms with Crippen molar-refractivity contribution in [2.24, 2.45) is 23.5 Å². The number of esters is 2. The Hall–Kier alpha value is -1.38. The second-order valence-corrected chi connectivity index (χ2v) is 6.12. The number of hydrogen-bond donors (Lipinski definition) is 3. The lowest BCUT2D eigenvalue weighted by atomic mass is 9.89. The van der Waals surface area contributed by atoms with Crippen LogP contribution in [0, 0.1) is 17.8 Å². The SMILES string of the molecule is CCOC(=O)[C@H]1[C@H]2[C@@H]1[C@](NC(=O)C(C)N)(C(=O)OCC)C[C@@H]2O.Cl. The van der Waals surface area contributed by atoms with E-state index in [9.17, 15) is 19.5 Å². The van der Waals surface area contributed by atoms with Gasteiger partial charge in [-0.15, -0.1) is 12.4 Å². The van der Waals surface area contributed by atoms with Crippen molar-refractivity contribution < 1.29 is 29.0 Å². The summed E-state index contributed by atoms with van der Waals surface area (Å²) in [6, 6.07) is -0.822. The maximum absolute atomic E-state index is 12.5. The molecule has 24 heavy (non-hydrogen) atoms. The maximum Gasteiger partial charge on any atom is 0.332 e. The summed E-state index contributed by atoms with van der Waals surface area (Å²) in [5.41, 5.74) is 4.14. The number of hydrogen-bond acceptors (Lipinski definition) is 7. The van der Waals surface area contributed by atoms with Crippen LogP contribution in [0.3, 0.4) is 0 Å². The van der Waals surface area contributed by atoms with Gasteiger partial charge in [-0.2, -0.15) is 0 Å². The number of halogens is 1. The number of carbonyl (C=O) groups excluding carboxylic acids is 3. The first kappa shape index (κ1) is 20.7. The zero-order valence-electron chi connectivity index (χ0n) is 14.0. The minimum Gasteiger partial charge on any atom is -0.466 e. The number of nitrogens with one attached hydrogen (secondary N) is 1. The van der Waals surface area contributed by atoms with Gasteiger partial charge in [-0.3, -0.25) is 9.59 Å². The van der Waals surface area contributed by atoms with Crippen molar-refractivity contribution in [3.63, 3.8) is 0 Å². The summed E-state index contributed by atoms with van der Waals surface area (Å²) in [6.45, 7) is 5.17. The van der Waals surface area contributed by atoms with E-state index < -0.39 is 53.3 Å².